The van der Waals surface area contributed by atoms with Gasteiger partial charge >= 0.3 is 0 Å². The van der Waals surface area contributed by atoms with Crippen molar-refractivity contribution in [2.45, 2.75) is 33.2 Å². The molecule has 1 saturated heterocycles. The van der Waals surface area contributed by atoms with Gasteiger partial charge in [0.05, 0.1) is 12.7 Å². The number of aromatic nitrogens is 1. The van der Waals surface area contributed by atoms with Crippen LogP contribution in [0.15, 0.2) is 29.5 Å². The largest absolute Gasteiger partial charge is 0.490 e. The highest BCUT2D eigenvalue weighted by Crippen LogP contribution is 2.12. The van der Waals surface area contributed by atoms with Gasteiger partial charge in [-0.1, -0.05) is 13.8 Å². The van der Waals surface area contributed by atoms with Crippen LogP contribution in [-0.2, 0) is 4.79 Å². The first-order chi connectivity index (χ1) is 12.1. The van der Waals surface area contributed by atoms with Crippen molar-refractivity contribution in [1.82, 2.24) is 20.5 Å². The Balaban J connectivity index is 0.00000338. The molecule has 0 saturated carbocycles. The van der Waals surface area contributed by atoms with Crippen LogP contribution < -0.4 is 15.4 Å². The van der Waals surface area contributed by atoms with E-state index in [1.807, 2.05) is 37.8 Å². The van der Waals surface area contributed by atoms with Crippen molar-refractivity contribution in [3.63, 3.8) is 0 Å². The molecule has 1 aromatic heterocycles. The monoisotopic (exact) mass is 475 g/mol. The van der Waals surface area contributed by atoms with E-state index >= 15 is 0 Å². The molecule has 1 atom stereocenters. The number of likely N-dealkylation sites (tertiary alicyclic amines) is 1. The van der Waals surface area contributed by atoms with E-state index in [4.69, 9.17) is 4.74 Å². The molecule has 1 fully saturated rings. The summed E-state index contributed by atoms with van der Waals surface area (Å²) in [6.45, 7) is 9.28. The third kappa shape index (κ3) is 7.35. The average Bonchev–Trinajstić information content (AvgIpc) is 3.07. The molecule has 26 heavy (non-hydrogen) atoms. The lowest BCUT2D eigenvalue weighted by Crippen LogP contribution is -2.45. The number of amides is 1. The SMILES string of the molecule is CCNC(=NCCOc1cccnc1)NC1CCN(C(=O)C(C)C)C1.I. The molecule has 2 heterocycles. The number of guanidine groups is 1. The highest BCUT2D eigenvalue weighted by atomic mass is 127. The summed E-state index contributed by atoms with van der Waals surface area (Å²) < 4.78 is 5.60. The van der Waals surface area contributed by atoms with Crippen LogP contribution in [0.2, 0.25) is 0 Å². The number of pyridine rings is 1. The maximum absolute atomic E-state index is 12.1. The maximum Gasteiger partial charge on any atom is 0.225 e. The van der Waals surface area contributed by atoms with Crippen molar-refractivity contribution in [2.75, 3.05) is 32.8 Å². The first-order valence-electron chi connectivity index (χ1n) is 8.96. The lowest BCUT2D eigenvalue weighted by atomic mass is 10.2. The molecular weight excluding hydrogens is 445 g/mol. The van der Waals surface area contributed by atoms with Crippen LogP contribution in [0.3, 0.4) is 0 Å². The van der Waals surface area contributed by atoms with Gasteiger partial charge in [0.2, 0.25) is 5.91 Å². The molecule has 1 aliphatic rings. The molecule has 146 valence electrons. The van der Waals surface area contributed by atoms with Crippen molar-refractivity contribution in [3.05, 3.63) is 24.5 Å². The first kappa shape index (κ1) is 22.5. The summed E-state index contributed by atoms with van der Waals surface area (Å²) in [5.41, 5.74) is 0. The van der Waals surface area contributed by atoms with Crippen LogP contribution in [0.5, 0.6) is 5.75 Å². The van der Waals surface area contributed by atoms with Gasteiger partial charge < -0.3 is 20.3 Å². The molecule has 0 radical (unpaired) electrons. The normalized spacial score (nSPS) is 17.0. The minimum Gasteiger partial charge on any atom is -0.490 e. The molecule has 8 heteroatoms. The summed E-state index contributed by atoms with van der Waals surface area (Å²) in [6, 6.07) is 3.95. The summed E-state index contributed by atoms with van der Waals surface area (Å²) >= 11 is 0. The van der Waals surface area contributed by atoms with Crippen molar-refractivity contribution >= 4 is 35.8 Å². The number of halogens is 1. The Labute approximate surface area is 173 Å². The lowest BCUT2D eigenvalue weighted by Gasteiger charge is -2.20. The third-order valence-electron chi connectivity index (χ3n) is 3.94. The van der Waals surface area contributed by atoms with E-state index in [1.165, 1.54) is 0 Å². The van der Waals surface area contributed by atoms with Gasteiger partial charge in [0.25, 0.3) is 0 Å². The topological polar surface area (TPSA) is 78.9 Å². The van der Waals surface area contributed by atoms with E-state index in [1.54, 1.807) is 12.4 Å². The second kappa shape index (κ2) is 11.9. The molecule has 1 aromatic rings. The molecule has 0 aliphatic carbocycles. The summed E-state index contributed by atoms with van der Waals surface area (Å²) in [5.74, 6) is 1.77. The number of nitrogens with one attached hydrogen (secondary N) is 2. The second-order valence-electron chi connectivity index (χ2n) is 6.37. The molecule has 7 nitrogen and oxygen atoms in total. The minimum atomic E-state index is 0. The number of hydrogen-bond acceptors (Lipinski definition) is 4. The molecule has 1 unspecified atom stereocenters. The highest BCUT2D eigenvalue weighted by Gasteiger charge is 2.27. The number of hydrogen-bond donors (Lipinski definition) is 2. The molecule has 0 bridgehead atoms. The van der Waals surface area contributed by atoms with Crippen LogP contribution in [0.25, 0.3) is 0 Å². The molecule has 1 aliphatic heterocycles. The quantitative estimate of drug-likeness (QED) is 0.273. The number of carbonyl (C=O) groups is 1. The van der Waals surface area contributed by atoms with Gasteiger partial charge in [0, 0.05) is 37.8 Å². The van der Waals surface area contributed by atoms with Gasteiger partial charge in [0.1, 0.15) is 12.4 Å². The van der Waals surface area contributed by atoms with Crippen LogP contribution in [0.4, 0.5) is 0 Å². The van der Waals surface area contributed by atoms with E-state index in [0.29, 0.717) is 13.2 Å². The van der Waals surface area contributed by atoms with Gasteiger partial charge in [-0.05, 0) is 25.5 Å². The number of ether oxygens (including phenoxy) is 1. The van der Waals surface area contributed by atoms with Gasteiger partial charge in [-0.25, -0.2) is 4.99 Å². The zero-order valence-corrected chi connectivity index (χ0v) is 18.1. The Hall–Kier alpha value is -1.58. The van der Waals surface area contributed by atoms with E-state index in [2.05, 4.69) is 20.6 Å². The van der Waals surface area contributed by atoms with Crippen LogP contribution in [-0.4, -0.2) is 60.6 Å². The molecule has 2 N–H and O–H groups in total. The molecule has 2 rings (SSSR count). The molecule has 1 amide bonds. The zero-order chi connectivity index (χ0) is 18.1. The summed E-state index contributed by atoms with van der Waals surface area (Å²) in [6.07, 6.45) is 4.34. The van der Waals surface area contributed by atoms with Gasteiger partial charge in [-0.2, -0.15) is 0 Å². The van der Waals surface area contributed by atoms with E-state index < -0.39 is 0 Å². The number of rotatable bonds is 7. The predicted molar refractivity (Wildman–Crippen MR) is 114 cm³/mol. The lowest BCUT2D eigenvalue weighted by molar-refractivity contribution is -0.133. The van der Waals surface area contributed by atoms with E-state index in [9.17, 15) is 4.79 Å². The van der Waals surface area contributed by atoms with Gasteiger partial charge in [-0.3, -0.25) is 9.78 Å². The van der Waals surface area contributed by atoms with Crippen LogP contribution in [0, 0.1) is 5.92 Å². The fraction of sp³-hybridized carbons (Fsp3) is 0.611. The Kier molecular flexibility index (Phi) is 10.3. The van der Waals surface area contributed by atoms with Crippen LogP contribution in [0.1, 0.15) is 27.2 Å². The predicted octanol–water partition coefficient (Wildman–Crippen LogP) is 1.89. The number of aliphatic imine (C=N–C) groups is 1. The Bertz CT molecular complexity index is 568. The van der Waals surface area contributed by atoms with Crippen LogP contribution >= 0.6 is 24.0 Å². The highest BCUT2D eigenvalue weighted by molar-refractivity contribution is 14.0. The second-order valence-corrected chi connectivity index (χ2v) is 6.37. The smallest absolute Gasteiger partial charge is 0.225 e. The number of nitrogens with zero attached hydrogens (tertiary/aromatic N) is 3. The van der Waals surface area contributed by atoms with Gasteiger partial charge in [0.15, 0.2) is 5.96 Å². The summed E-state index contributed by atoms with van der Waals surface area (Å²) in [4.78, 5) is 22.6. The van der Waals surface area contributed by atoms with E-state index in [0.717, 1.165) is 37.8 Å². The fourth-order valence-electron chi connectivity index (χ4n) is 2.71. The summed E-state index contributed by atoms with van der Waals surface area (Å²) in [7, 11) is 0. The van der Waals surface area contributed by atoms with E-state index in [-0.39, 0.29) is 41.8 Å². The van der Waals surface area contributed by atoms with Crippen molar-refractivity contribution in [3.8, 4) is 5.75 Å². The number of carbonyl (C=O) groups excluding carboxylic acids is 1. The molecule has 0 spiro atoms. The first-order valence-corrected chi connectivity index (χ1v) is 8.96. The molecule has 0 aromatic carbocycles. The fourth-order valence-corrected chi connectivity index (χ4v) is 2.71. The summed E-state index contributed by atoms with van der Waals surface area (Å²) in [5, 5.41) is 6.66. The Morgan fingerprint density at radius 1 is 1.50 bits per heavy atom. The Morgan fingerprint density at radius 2 is 2.31 bits per heavy atom. The standard InChI is InChI=1S/C18H29N5O2.HI/c1-4-20-18(21-9-11-25-16-6-5-8-19-12-16)22-15-7-10-23(13-15)17(24)14(2)3;/h5-6,8,12,14-15H,4,7,9-11,13H2,1-3H3,(H2,20,21,22);1H. The third-order valence-corrected chi connectivity index (χ3v) is 3.94. The minimum absolute atomic E-state index is 0. The molecular formula is C18H30IN5O2. The van der Waals surface area contributed by atoms with Crippen molar-refractivity contribution < 1.29 is 9.53 Å². The van der Waals surface area contributed by atoms with Crippen molar-refractivity contribution in [2.24, 2.45) is 10.9 Å². The maximum atomic E-state index is 12.1. The Morgan fingerprint density at radius 3 is 2.96 bits per heavy atom. The van der Waals surface area contributed by atoms with Gasteiger partial charge in [-0.15, -0.1) is 24.0 Å². The average molecular weight is 475 g/mol. The van der Waals surface area contributed by atoms with Crippen molar-refractivity contribution in [1.29, 1.82) is 0 Å². The zero-order valence-electron chi connectivity index (χ0n) is 15.8.